The van der Waals surface area contributed by atoms with E-state index in [4.69, 9.17) is 10.7 Å². The number of likely N-dealkylation sites (tertiary alicyclic amines) is 1. The van der Waals surface area contributed by atoms with Crippen LogP contribution in [0.4, 0.5) is 5.82 Å². The third kappa shape index (κ3) is 3.77. The number of pyridine rings is 1. The zero-order chi connectivity index (χ0) is 23.0. The number of nitrogens with zero attached hydrogens (tertiary/aromatic N) is 4. The first-order valence-corrected chi connectivity index (χ1v) is 10.5. The summed E-state index contributed by atoms with van der Waals surface area (Å²) in [7, 11) is 1.65. The van der Waals surface area contributed by atoms with Crippen LogP contribution in [-0.4, -0.2) is 50.1 Å². The van der Waals surface area contributed by atoms with Crippen LogP contribution in [0.25, 0.3) is 33.4 Å². The molecular formula is C26H21N5O2. The van der Waals surface area contributed by atoms with E-state index in [2.05, 4.69) is 21.8 Å². The van der Waals surface area contributed by atoms with Crippen LogP contribution in [0.1, 0.15) is 12.0 Å². The maximum absolute atomic E-state index is 12.2. The number of carbonyl (C=O) groups is 1. The van der Waals surface area contributed by atoms with E-state index < -0.39 is 5.60 Å². The van der Waals surface area contributed by atoms with Crippen molar-refractivity contribution in [2.75, 3.05) is 19.3 Å². The lowest BCUT2D eigenvalue weighted by molar-refractivity contribution is -0.137. The zero-order valence-corrected chi connectivity index (χ0v) is 18.0. The number of likely N-dealkylation sites (N-methyl/N-ethyl adjacent to an activating group) is 1. The van der Waals surface area contributed by atoms with E-state index >= 15 is 0 Å². The number of hydrogen-bond acceptors (Lipinski definition) is 6. The van der Waals surface area contributed by atoms with Gasteiger partial charge in [0, 0.05) is 42.9 Å². The van der Waals surface area contributed by atoms with E-state index in [9.17, 15) is 9.90 Å². The average Bonchev–Trinajstić information content (AvgIpc) is 3.11. The Balaban J connectivity index is 1.54. The number of hydrogen-bond donors (Lipinski definition) is 2. The summed E-state index contributed by atoms with van der Waals surface area (Å²) in [6.07, 6.45) is 3.72. The van der Waals surface area contributed by atoms with Gasteiger partial charge in [-0.3, -0.25) is 9.78 Å². The minimum Gasteiger partial charge on any atom is -0.383 e. The molecule has 2 aromatic carbocycles. The highest BCUT2D eigenvalue weighted by Gasteiger charge is 2.42. The highest BCUT2D eigenvalue weighted by atomic mass is 16.3. The summed E-state index contributed by atoms with van der Waals surface area (Å²) in [4.78, 5) is 27.2. The number of fused-ring (bicyclic) bond motifs is 1. The van der Waals surface area contributed by atoms with Crippen molar-refractivity contribution in [1.82, 2.24) is 19.9 Å². The summed E-state index contributed by atoms with van der Waals surface area (Å²) >= 11 is 0. The molecule has 3 N–H and O–H groups in total. The summed E-state index contributed by atoms with van der Waals surface area (Å²) in [6, 6.07) is 17.2. The van der Waals surface area contributed by atoms with Crippen molar-refractivity contribution in [2.24, 2.45) is 0 Å². The van der Waals surface area contributed by atoms with E-state index in [0.717, 1.165) is 22.1 Å². The molecule has 1 aliphatic heterocycles. The number of aliphatic hydroxyl groups is 1. The molecule has 7 heteroatoms. The van der Waals surface area contributed by atoms with Gasteiger partial charge >= 0.3 is 0 Å². The Hall–Kier alpha value is -4.28. The minimum atomic E-state index is -1.64. The van der Waals surface area contributed by atoms with Gasteiger partial charge in [0.05, 0.1) is 17.1 Å². The van der Waals surface area contributed by atoms with Gasteiger partial charge in [-0.25, -0.2) is 9.97 Å². The Kier molecular flexibility index (Phi) is 5.00. The Bertz CT molecular complexity index is 1440. The summed E-state index contributed by atoms with van der Waals surface area (Å²) in [6.45, 7) is 0.479. The molecule has 1 atom stereocenters. The van der Waals surface area contributed by atoms with Crippen molar-refractivity contribution in [1.29, 1.82) is 0 Å². The molecule has 0 spiro atoms. The minimum absolute atomic E-state index is 0.288. The first kappa shape index (κ1) is 20.6. The molecule has 0 unspecified atom stereocenters. The van der Waals surface area contributed by atoms with Crippen LogP contribution in [0.5, 0.6) is 0 Å². The fraction of sp³-hybridized carbons (Fsp3) is 0.154. The molecule has 33 heavy (non-hydrogen) atoms. The van der Waals surface area contributed by atoms with Crippen molar-refractivity contribution in [3.63, 3.8) is 0 Å². The van der Waals surface area contributed by atoms with E-state index in [1.807, 2.05) is 54.6 Å². The fourth-order valence-corrected chi connectivity index (χ4v) is 3.96. The van der Waals surface area contributed by atoms with Crippen LogP contribution in [-0.2, 0) is 4.79 Å². The summed E-state index contributed by atoms with van der Waals surface area (Å²) in [5.74, 6) is 6.10. The second-order valence-corrected chi connectivity index (χ2v) is 8.05. The molecule has 162 valence electrons. The summed E-state index contributed by atoms with van der Waals surface area (Å²) in [5, 5.41) is 11.3. The van der Waals surface area contributed by atoms with Crippen LogP contribution in [0.2, 0.25) is 0 Å². The quantitative estimate of drug-likeness (QED) is 0.469. The predicted octanol–water partition coefficient (Wildman–Crippen LogP) is 2.89. The van der Waals surface area contributed by atoms with Gasteiger partial charge in [-0.15, -0.1) is 0 Å². The largest absolute Gasteiger partial charge is 0.383 e. The van der Waals surface area contributed by atoms with Crippen LogP contribution in [0.3, 0.4) is 0 Å². The van der Waals surface area contributed by atoms with Gasteiger partial charge in [0.1, 0.15) is 5.82 Å². The fourth-order valence-electron chi connectivity index (χ4n) is 3.96. The number of aromatic nitrogens is 3. The smallest absolute Gasteiger partial charge is 0.267 e. The van der Waals surface area contributed by atoms with Crippen LogP contribution in [0, 0.1) is 11.8 Å². The Labute approximate surface area is 190 Å². The van der Waals surface area contributed by atoms with E-state index in [0.29, 0.717) is 29.3 Å². The van der Waals surface area contributed by atoms with Gasteiger partial charge in [-0.2, -0.15) is 0 Å². The number of rotatable bonds is 2. The molecule has 1 fully saturated rings. The van der Waals surface area contributed by atoms with E-state index in [1.54, 1.807) is 19.4 Å². The van der Waals surface area contributed by atoms with Crippen molar-refractivity contribution in [3.8, 4) is 34.4 Å². The zero-order valence-electron chi connectivity index (χ0n) is 18.0. The number of amides is 1. The third-order valence-electron chi connectivity index (χ3n) is 5.76. The Morgan fingerprint density at radius 2 is 1.85 bits per heavy atom. The molecule has 3 heterocycles. The van der Waals surface area contributed by atoms with Gasteiger partial charge < -0.3 is 15.7 Å². The molecule has 1 saturated heterocycles. The second-order valence-electron chi connectivity index (χ2n) is 8.05. The lowest BCUT2D eigenvalue weighted by Gasteiger charge is -2.13. The molecule has 0 saturated carbocycles. The van der Waals surface area contributed by atoms with Crippen molar-refractivity contribution >= 4 is 22.6 Å². The molecule has 1 aliphatic rings. The SMILES string of the molecule is CN1CC[C@@](O)(C#Cc2cccc(-c3nc(N)c4c(-c5ccccc5)cncc4n3)c2)C1=O. The van der Waals surface area contributed by atoms with Crippen molar-refractivity contribution < 1.29 is 9.90 Å². The first-order chi connectivity index (χ1) is 15.9. The van der Waals surface area contributed by atoms with Gasteiger partial charge in [-0.05, 0) is 17.7 Å². The Morgan fingerprint density at radius 3 is 2.61 bits per heavy atom. The molecular weight excluding hydrogens is 414 g/mol. The van der Waals surface area contributed by atoms with Crippen molar-refractivity contribution in [2.45, 2.75) is 12.0 Å². The van der Waals surface area contributed by atoms with Crippen LogP contribution >= 0.6 is 0 Å². The molecule has 4 aromatic rings. The highest BCUT2D eigenvalue weighted by Crippen LogP contribution is 2.31. The van der Waals surface area contributed by atoms with Gasteiger partial charge in [0.2, 0.25) is 5.60 Å². The van der Waals surface area contributed by atoms with E-state index in [1.165, 1.54) is 4.90 Å². The predicted molar refractivity (Wildman–Crippen MR) is 127 cm³/mol. The number of carbonyl (C=O) groups excluding carboxylic acids is 1. The molecule has 5 rings (SSSR count). The molecule has 0 radical (unpaired) electrons. The van der Waals surface area contributed by atoms with Gasteiger partial charge in [0.25, 0.3) is 5.91 Å². The summed E-state index contributed by atoms with van der Waals surface area (Å²) in [5.41, 5.74) is 8.60. The maximum atomic E-state index is 12.2. The first-order valence-electron chi connectivity index (χ1n) is 10.5. The van der Waals surface area contributed by atoms with Gasteiger partial charge in [0.15, 0.2) is 5.82 Å². The summed E-state index contributed by atoms with van der Waals surface area (Å²) < 4.78 is 0. The van der Waals surface area contributed by atoms with Crippen molar-refractivity contribution in [3.05, 3.63) is 72.6 Å². The van der Waals surface area contributed by atoms with Crippen LogP contribution in [0.15, 0.2) is 67.0 Å². The Morgan fingerprint density at radius 1 is 1.06 bits per heavy atom. The van der Waals surface area contributed by atoms with Crippen LogP contribution < -0.4 is 5.73 Å². The van der Waals surface area contributed by atoms with Gasteiger partial charge in [-0.1, -0.05) is 54.3 Å². The molecule has 0 aliphatic carbocycles. The molecule has 2 aromatic heterocycles. The lowest BCUT2D eigenvalue weighted by Crippen LogP contribution is -2.37. The number of benzene rings is 2. The lowest BCUT2D eigenvalue weighted by atomic mass is 10.0. The number of anilines is 1. The number of nitrogens with two attached hydrogens (primary N) is 1. The maximum Gasteiger partial charge on any atom is 0.267 e. The second kappa shape index (κ2) is 8.01. The molecule has 7 nitrogen and oxygen atoms in total. The number of nitrogen functional groups attached to an aromatic ring is 1. The normalized spacial score (nSPS) is 17.8. The topological polar surface area (TPSA) is 105 Å². The van der Waals surface area contributed by atoms with E-state index in [-0.39, 0.29) is 12.3 Å². The standard InChI is InChI=1S/C26H21N5O2/c1-31-13-12-26(33,25(31)32)11-10-17-6-5-9-19(14-17)24-29-21-16-28-15-20(22(21)23(27)30-24)18-7-3-2-4-8-18/h2-9,14-16,33H,12-13H2,1H3,(H2,27,29,30)/t26-/m0/s1. The molecule has 0 bridgehead atoms. The highest BCUT2D eigenvalue weighted by molar-refractivity contribution is 6.01. The third-order valence-corrected chi connectivity index (χ3v) is 5.76. The molecule has 1 amide bonds. The average molecular weight is 435 g/mol. The monoisotopic (exact) mass is 435 g/mol.